The van der Waals surface area contributed by atoms with E-state index in [1.54, 1.807) is 0 Å². The van der Waals surface area contributed by atoms with Crippen molar-refractivity contribution in [2.45, 2.75) is 25.3 Å². The Hall–Kier alpha value is -1.19. The first kappa shape index (κ1) is 13.2. The number of benzene rings is 1. The number of hydrogen-bond acceptors (Lipinski definition) is 3. The molecule has 0 saturated carbocycles. The monoisotopic (exact) mass is 247 g/mol. The Morgan fingerprint density at radius 1 is 1.28 bits per heavy atom. The SMILES string of the molecule is CN(CCC(=O)c1ccccc1)C1CCOCC1. The Bertz CT molecular complexity index is 371. The summed E-state index contributed by atoms with van der Waals surface area (Å²) in [5, 5.41) is 0. The van der Waals surface area contributed by atoms with Crippen LogP contribution in [0, 0.1) is 0 Å². The van der Waals surface area contributed by atoms with Gasteiger partial charge in [-0.2, -0.15) is 0 Å². The van der Waals surface area contributed by atoms with Gasteiger partial charge >= 0.3 is 0 Å². The number of ether oxygens (including phenoxy) is 1. The highest BCUT2D eigenvalue weighted by molar-refractivity contribution is 5.96. The molecule has 18 heavy (non-hydrogen) atoms. The maximum Gasteiger partial charge on any atom is 0.164 e. The van der Waals surface area contributed by atoms with Crippen LogP contribution in [0.3, 0.4) is 0 Å². The lowest BCUT2D eigenvalue weighted by molar-refractivity contribution is 0.0425. The van der Waals surface area contributed by atoms with Crippen molar-refractivity contribution in [2.24, 2.45) is 0 Å². The topological polar surface area (TPSA) is 29.5 Å². The molecule has 1 fully saturated rings. The van der Waals surface area contributed by atoms with E-state index < -0.39 is 0 Å². The number of carbonyl (C=O) groups excluding carboxylic acids is 1. The Labute approximate surface area is 109 Å². The molecule has 1 aromatic carbocycles. The van der Waals surface area contributed by atoms with Gasteiger partial charge in [0.25, 0.3) is 0 Å². The van der Waals surface area contributed by atoms with Crippen molar-refractivity contribution < 1.29 is 9.53 Å². The average molecular weight is 247 g/mol. The van der Waals surface area contributed by atoms with Crippen molar-refractivity contribution in [3.05, 3.63) is 35.9 Å². The lowest BCUT2D eigenvalue weighted by atomic mass is 10.1. The lowest BCUT2D eigenvalue weighted by Gasteiger charge is -2.30. The number of Topliss-reactive ketones (excluding diaryl/α,β-unsaturated/α-hetero) is 1. The van der Waals surface area contributed by atoms with Crippen LogP contribution in [-0.4, -0.2) is 43.5 Å². The summed E-state index contributed by atoms with van der Waals surface area (Å²) >= 11 is 0. The molecule has 0 N–H and O–H groups in total. The van der Waals surface area contributed by atoms with Crippen LogP contribution in [-0.2, 0) is 4.74 Å². The molecule has 1 aromatic rings. The minimum absolute atomic E-state index is 0.231. The van der Waals surface area contributed by atoms with Crippen LogP contribution < -0.4 is 0 Å². The van der Waals surface area contributed by atoms with Gasteiger partial charge in [0.1, 0.15) is 0 Å². The van der Waals surface area contributed by atoms with Crippen LogP contribution in [0.5, 0.6) is 0 Å². The van der Waals surface area contributed by atoms with Crippen molar-refractivity contribution >= 4 is 5.78 Å². The molecule has 3 heteroatoms. The molecular formula is C15H21NO2. The van der Waals surface area contributed by atoms with E-state index in [1.807, 2.05) is 30.3 Å². The van der Waals surface area contributed by atoms with Crippen LogP contribution in [0.25, 0.3) is 0 Å². The van der Waals surface area contributed by atoms with Gasteiger partial charge in [-0.25, -0.2) is 0 Å². The van der Waals surface area contributed by atoms with E-state index in [2.05, 4.69) is 11.9 Å². The molecule has 98 valence electrons. The molecule has 0 bridgehead atoms. The molecule has 0 aromatic heterocycles. The van der Waals surface area contributed by atoms with E-state index in [0.29, 0.717) is 12.5 Å². The summed E-state index contributed by atoms with van der Waals surface area (Å²) in [6, 6.07) is 10.1. The highest BCUT2D eigenvalue weighted by Gasteiger charge is 2.18. The van der Waals surface area contributed by atoms with Crippen LogP contribution in [0.4, 0.5) is 0 Å². The Morgan fingerprint density at radius 3 is 2.61 bits per heavy atom. The van der Waals surface area contributed by atoms with Gasteiger partial charge in [-0.3, -0.25) is 4.79 Å². The molecular weight excluding hydrogens is 226 g/mol. The van der Waals surface area contributed by atoms with Crippen molar-refractivity contribution in [1.82, 2.24) is 4.90 Å². The predicted molar refractivity (Wildman–Crippen MR) is 71.9 cm³/mol. The largest absolute Gasteiger partial charge is 0.381 e. The number of nitrogens with zero attached hydrogens (tertiary/aromatic N) is 1. The summed E-state index contributed by atoms with van der Waals surface area (Å²) in [5.41, 5.74) is 0.817. The van der Waals surface area contributed by atoms with Gasteiger partial charge in [0, 0.05) is 37.8 Å². The van der Waals surface area contributed by atoms with Gasteiger partial charge in [0.05, 0.1) is 0 Å². The third kappa shape index (κ3) is 3.65. The van der Waals surface area contributed by atoms with Gasteiger partial charge in [-0.15, -0.1) is 0 Å². The lowest BCUT2D eigenvalue weighted by Crippen LogP contribution is -2.37. The highest BCUT2D eigenvalue weighted by Crippen LogP contribution is 2.13. The minimum atomic E-state index is 0.231. The first-order valence-corrected chi connectivity index (χ1v) is 6.63. The minimum Gasteiger partial charge on any atom is -0.381 e. The van der Waals surface area contributed by atoms with Gasteiger partial charge in [0.15, 0.2) is 5.78 Å². The first-order valence-electron chi connectivity index (χ1n) is 6.63. The summed E-state index contributed by atoms with van der Waals surface area (Å²) in [6.45, 7) is 2.53. The first-order chi connectivity index (χ1) is 8.77. The van der Waals surface area contributed by atoms with Gasteiger partial charge < -0.3 is 9.64 Å². The molecule has 1 aliphatic heterocycles. The smallest absolute Gasteiger partial charge is 0.164 e. The van der Waals surface area contributed by atoms with Crippen LogP contribution in [0.2, 0.25) is 0 Å². The third-order valence-electron chi connectivity index (χ3n) is 3.60. The van der Waals surface area contributed by atoms with Gasteiger partial charge in [-0.05, 0) is 19.9 Å². The number of carbonyl (C=O) groups is 1. The highest BCUT2D eigenvalue weighted by atomic mass is 16.5. The zero-order chi connectivity index (χ0) is 12.8. The Kier molecular flexibility index (Phi) is 4.90. The number of rotatable bonds is 5. The summed E-state index contributed by atoms with van der Waals surface area (Å²) < 4.78 is 5.35. The summed E-state index contributed by atoms with van der Waals surface area (Å²) in [5.74, 6) is 0.231. The second-order valence-corrected chi connectivity index (χ2v) is 4.86. The molecule has 0 amide bonds. The molecule has 1 heterocycles. The Balaban J connectivity index is 1.78. The van der Waals surface area contributed by atoms with Crippen molar-refractivity contribution in [1.29, 1.82) is 0 Å². The normalized spacial score (nSPS) is 17.0. The summed E-state index contributed by atoms with van der Waals surface area (Å²) in [4.78, 5) is 14.3. The Morgan fingerprint density at radius 2 is 1.94 bits per heavy atom. The van der Waals surface area contributed by atoms with Crippen LogP contribution >= 0.6 is 0 Å². The van der Waals surface area contributed by atoms with Gasteiger partial charge in [0.2, 0.25) is 0 Å². The van der Waals surface area contributed by atoms with E-state index in [4.69, 9.17) is 4.74 Å². The van der Waals surface area contributed by atoms with Crippen molar-refractivity contribution in [3.63, 3.8) is 0 Å². The summed E-state index contributed by atoms with van der Waals surface area (Å²) in [7, 11) is 2.11. The van der Waals surface area contributed by atoms with Gasteiger partial charge in [-0.1, -0.05) is 30.3 Å². The molecule has 2 rings (SSSR count). The molecule has 0 radical (unpaired) electrons. The van der Waals surface area contributed by atoms with Crippen molar-refractivity contribution in [2.75, 3.05) is 26.8 Å². The van der Waals surface area contributed by atoms with Crippen LogP contribution in [0.15, 0.2) is 30.3 Å². The third-order valence-corrected chi connectivity index (χ3v) is 3.60. The number of ketones is 1. The van der Waals surface area contributed by atoms with E-state index in [0.717, 1.165) is 38.2 Å². The molecule has 1 saturated heterocycles. The summed E-state index contributed by atoms with van der Waals surface area (Å²) in [6.07, 6.45) is 2.75. The quantitative estimate of drug-likeness (QED) is 0.748. The van der Waals surface area contributed by atoms with E-state index in [1.165, 1.54) is 0 Å². The van der Waals surface area contributed by atoms with Crippen LogP contribution in [0.1, 0.15) is 29.6 Å². The molecule has 0 atom stereocenters. The molecule has 0 aliphatic carbocycles. The standard InChI is InChI=1S/C15H21NO2/c1-16(14-8-11-18-12-9-14)10-7-15(17)13-5-3-2-4-6-13/h2-6,14H,7-12H2,1H3. The molecule has 0 spiro atoms. The zero-order valence-corrected chi connectivity index (χ0v) is 11.0. The van der Waals surface area contributed by atoms with E-state index >= 15 is 0 Å². The predicted octanol–water partition coefficient (Wildman–Crippen LogP) is 2.37. The maximum atomic E-state index is 12.0. The van der Waals surface area contributed by atoms with E-state index in [-0.39, 0.29) is 5.78 Å². The zero-order valence-electron chi connectivity index (χ0n) is 11.0. The average Bonchev–Trinajstić information content (AvgIpc) is 2.46. The fourth-order valence-corrected chi connectivity index (χ4v) is 2.35. The second-order valence-electron chi connectivity index (χ2n) is 4.86. The maximum absolute atomic E-state index is 12.0. The molecule has 3 nitrogen and oxygen atoms in total. The fourth-order valence-electron chi connectivity index (χ4n) is 2.35. The van der Waals surface area contributed by atoms with Crippen molar-refractivity contribution in [3.8, 4) is 0 Å². The fraction of sp³-hybridized carbons (Fsp3) is 0.533. The molecule has 1 aliphatic rings. The second kappa shape index (κ2) is 6.66. The molecule has 0 unspecified atom stereocenters. The van der Waals surface area contributed by atoms with E-state index in [9.17, 15) is 4.79 Å². The number of hydrogen-bond donors (Lipinski definition) is 0.